The lowest BCUT2D eigenvalue weighted by molar-refractivity contribution is 0.0772. The largest absolute Gasteiger partial charge is 0.339 e. The lowest BCUT2D eigenvalue weighted by Gasteiger charge is -2.18. The van der Waals surface area contributed by atoms with Crippen LogP contribution in [0.2, 0.25) is 0 Å². The molecule has 0 spiro atoms. The van der Waals surface area contributed by atoms with E-state index in [1.165, 1.54) is 12.4 Å². The monoisotopic (exact) mass is 375 g/mol. The van der Waals surface area contributed by atoms with Gasteiger partial charge >= 0.3 is 0 Å². The summed E-state index contributed by atoms with van der Waals surface area (Å²) in [5, 5.41) is 2.80. The average molecular weight is 376 g/mol. The highest BCUT2D eigenvalue weighted by Gasteiger charge is 2.15. The number of pyridine rings is 1. The van der Waals surface area contributed by atoms with Gasteiger partial charge in [-0.3, -0.25) is 14.6 Å². The van der Waals surface area contributed by atoms with Crippen molar-refractivity contribution in [3.05, 3.63) is 58.3 Å². The Balaban J connectivity index is 2.21. The molecule has 0 saturated carbocycles. The number of anilines is 1. The van der Waals surface area contributed by atoms with Crippen LogP contribution >= 0.6 is 15.9 Å². The van der Waals surface area contributed by atoms with Crippen molar-refractivity contribution >= 4 is 33.4 Å². The molecule has 2 amide bonds. The van der Waals surface area contributed by atoms with Gasteiger partial charge in [-0.05, 0) is 48.0 Å². The van der Waals surface area contributed by atoms with Crippen molar-refractivity contribution in [3.8, 4) is 0 Å². The van der Waals surface area contributed by atoms with E-state index in [1.807, 2.05) is 32.0 Å². The fourth-order valence-electron chi connectivity index (χ4n) is 2.13. The summed E-state index contributed by atoms with van der Waals surface area (Å²) in [5.74, 6) is -0.434. The van der Waals surface area contributed by atoms with Crippen molar-refractivity contribution in [2.24, 2.45) is 0 Å². The van der Waals surface area contributed by atoms with Gasteiger partial charge in [0, 0.05) is 30.0 Å². The minimum absolute atomic E-state index is 0.127. The number of carbonyl (C=O) groups is 2. The van der Waals surface area contributed by atoms with Gasteiger partial charge in [-0.25, -0.2) is 0 Å². The van der Waals surface area contributed by atoms with E-state index in [-0.39, 0.29) is 11.8 Å². The van der Waals surface area contributed by atoms with Crippen LogP contribution in [0.15, 0.2) is 47.2 Å². The van der Waals surface area contributed by atoms with Crippen molar-refractivity contribution in [2.45, 2.75) is 13.8 Å². The van der Waals surface area contributed by atoms with E-state index in [1.54, 1.807) is 17.0 Å². The second-order valence-electron chi connectivity index (χ2n) is 4.87. The van der Waals surface area contributed by atoms with E-state index < -0.39 is 0 Å². The normalized spacial score (nSPS) is 10.2. The second kappa shape index (κ2) is 7.87. The highest BCUT2D eigenvalue weighted by molar-refractivity contribution is 9.10. The molecule has 0 saturated heterocycles. The zero-order chi connectivity index (χ0) is 16.8. The molecule has 1 heterocycles. The Bertz CT molecular complexity index is 714. The first-order chi connectivity index (χ1) is 11.1. The lowest BCUT2D eigenvalue weighted by Crippen LogP contribution is -2.30. The third-order valence-corrected chi connectivity index (χ3v) is 4.11. The summed E-state index contributed by atoms with van der Waals surface area (Å²) in [6, 6.07) is 8.90. The van der Waals surface area contributed by atoms with Crippen LogP contribution in [0.4, 0.5) is 5.69 Å². The molecule has 0 atom stereocenters. The van der Waals surface area contributed by atoms with Crippen molar-refractivity contribution < 1.29 is 9.59 Å². The Morgan fingerprint density at radius 2 is 1.78 bits per heavy atom. The molecule has 1 N–H and O–H groups in total. The SMILES string of the molecule is CCN(CC)C(=O)c1cncc(C(=O)Nc2ccccc2Br)c1. The average Bonchev–Trinajstić information content (AvgIpc) is 2.58. The molecule has 0 unspecified atom stereocenters. The maximum absolute atomic E-state index is 12.4. The first kappa shape index (κ1) is 17.1. The van der Waals surface area contributed by atoms with E-state index in [4.69, 9.17) is 0 Å². The highest BCUT2D eigenvalue weighted by atomic mass is 79.9. The van der Waals surface area contributed by atoms with Gasteiger partial charge in [0.15, 0.2) is 0 Å². The zero-order valence-electron chi connectivity index (χ0n) is 13.0. The van der Waals surface area contributed by atoms with Crippen molar-refractivity contribution in [2.75, 3.05) is 18.4 Å². The number of para-hydroxylation sites is 1. The van der Waals surface area contributed by atoms with Crippen LogP contribution in [0, 0.1) is 0 Å². The summed E-state index contributed by atoms with van der Waals surface area (Å²) in [5.41, 5.74) is 1.42. The predicted octanol–water partition coefficient (Wildman–Crippen LogP) is 3.58. The molecule has 1 aromatic heterocycles. The first-order valence-electron chi connectivity index (χ1n) is 7.37. The van der Waals surface area contributed by atoms with Gasteiger partial charge in [0.2, 0.25) is 0 Å². The van der Waals surface area contributed by atoms with Crippen LogP contribution in [0.25, 0.3) is 0 Å². The molecule has 120 valence electrons. The first-order valence-corrected chi connectivity index (χ1v) is 8.16. The number of benzene rings is 1. The van der Waals surface area contributed by atoms with E-state index >= 15 is 0 Å². The van der Waals surface area contributed by atoms with Gasteiger partial charge in [-0.1, -0.05) is 12.1 Å². The number of rotatable bonds is 5. The third kappa shape index (κ3) is 4.16. The van der Waals surface area contributed by atoms with Crippen molar-refractivity contribution in [1.82, 2.24) is 9.88 Å². The Labute approximate surface area is 143 Å². The maximum Gasteiger partial charge on any atom is 0.257 e. The quantitative estimate of drug-likeness (QED) is 0.868. The molecule has 6 heteroatoms. The molecule has 2 rings (SSSR count). The topological polar surface area (TPSA) is 62.3 Å². The zero-order valence-corrected chi connectivity index (χ0v) is 14.6. The highest BCUT2D eigenvalue weighted by Crippen LogP contribution is 2.22. The Morgan fingerprint density at radius 1 is 1.13 bits per heavy atom. The maximum atomic E-state index is 12.4. The van der Waals surface area contributed by atoms with Crippen LogP contribution in [0.1, 0.15) is 34.6 Å². The third-order valence-electron chi connectivity index (χ3n) is 3.42. The number of nitrogens with zero attached hydrogens (tertiary/aromatic N) is 2. The fourth-order valence-corrected chi connectivity index (χ4v) is 2.52. The van der Waals surface area contributed by atoms with Gasteiger partial charge in [-0.15, -0.1) is 0 Å². The molecule has 0 aliphatic heterocycles. The fraction of sp³-hybridized carbons (Fsp3) is 0.235. The second-order valence-corrected chi connectivity index (χ2v) is 5.73. The molecule has 0 aliphatic carbocycles. The van der Waals surface area contributed by atoms with Gasteiger partial charge in [0.05, 0.1) is 16.8 Å². The number of nitrogens with one attached hydrogen (secondary N) is 1. The molecule has 23 heavy (non-hydrogen) atoms. The number of aromatic nitrogens is 1. The van der Waals surface area contributed by atoms with E-state index in [9.17, 15) is 9.59 Å². The Morgan fingerprint density at radius 3 is 2.43 bits per heavy atom. The van der Waals surface area contributed by atoms with Gasteiger partial charge < -0.3 is 10.2 Å². The van der Waals surface area contributed by atoms with E-state index in [0.29, 0.717) is 29.9 Å². The standard InChI is InChI=1S/C17H18BrN3O2/c1-3-21(4-2)17(23)13-9-12(10-19-11-13)16(22)20-15-8-6-5-7-14(15)18/h5-11H,3-4H2,1-2H3,(H,20,22). The van der Waals surface area contributed by atoms with Crippen LogP contribution in [0.3, 0.4) is 0 Å². The van der Waals surface area contributed by atoms with E-state index in [0.717, 1.165) is 4.47 Å². The van der Waals surface area contributed by atoms with E-state index in [2.05, 4.69) is 26.2 Å². The number of halogens is 1. The summed E-state index contributed by atoms with van der Waals surface area (Å²) in [4.78, 5) is 30.4. The Kier molecular flexibility index (Phi) is 5.87. The number of hydrogen-bond acceptors (Lipinski definition) is 3. The summed E-state index contributed by atoms with van der Waals surface area (Å²) in [7, 11) is 0. The molecule has 5 nitrogen and oxygen atoms in total. The van der Waals surface area contributed by atoms with Gasteiger partial charge in [0.25, 0.3) is 11.8 Å². The van der Waals surface area contributed by atoms with Crippen LogP contribution < -0.4 is 5.32 Å². The molecule has 0 fully saturated rings. The molecule has 2 aromatic rings. The lowest BCUT2D eigenvalue weighted by atomic mass is 10.1. The minimum atomic E-state index is -0.307. The van der Waals surface area contributed by atoms with Crippen molar-refractivity contribution in [1.29, 1.82) is 0 Å². The molecule has 0 radical (unpaired) electrons. The van der Waals surface area contributed by atoms with Crippen LogP contribution in [0.5, 0.6) is 0 Å². The van der Waals surface area contributed by atoms with Gasteiger partial charge in [-0.2, -0.15) is 0 Å². The molecular formula is C17H18BrN3O2. The summed E-state index contributed by atoms with van der Waals surface area (Å²) in [6.45, 7) is 5.06. The summed E-state index contributed by atoms with van der Waals surface area (Å²) < 4.78 is 0.789. The molecular weight excluding hydrogens is 358 g/mol. The molecule has 0 aliphatic rings. The predicted molar refractivity (Wildman–Crippen MR) is 93.6 cm³/mol. The number of carbonyl (C=O) groups excluding carboxylic acids is 2. The molecule has 0 bridgehead atoms. The van der Waals surface area contributed by atoms with Crippen LogP contribution in [-0.4, -0.2) is 34.8 Å². The van der Waals surface area contributed by atoms with Crippen LogP contribution in [-0.2, 0) is 0 Å². The minimum Gasteiger partial charge on any atom is -0.339 e. The summed E-state index contributed by atoms with van der Waals surface area (Å²) in [6.07, 6.45) is 2.93. The number of amides is 2. The molecule has 1 aromatic carbocycles. The summed E-state index contributed by atoms with van der Waals surface area (Å²) >= 11 is 3.38. The number of hydrogen-bond donors (Lipinski definition) is 1. The smallest absolute Gasteiger partial charge is 0.257 e. The van der Waals surface area contributed by atoms with Crippen molar-refractivity contribution in [3.63, 3.8) is 0 Å². The van der Waals surface area contributed by atoms with Gasteiger partial charge in [0.1, 0.15) is 0 Å². The Hall–Kier alpha value is -2.21.